The number of anilines is 1. The van der Waals surface area contributed by atoms with E-state index in [0.717, 1.165) is 30.2 Å². The maximum Gasteiger partial charge on any atom is 0.152 e. The van der Waals surface area contributed by atoms with Crippen LogP contribution in [-0.2, 0) is 6.54 Å². The van der Waals surface area contributed by atoms with Crippen LogP contribution in [0.25, 0.3) is 5.65 Å². The van der Waals surface area contributed by atoms with Crippen LogP contribution in [0.4, 0.5) is 5.82 Å². The Kier molecular flexibility index (Phi) is 3.40. The number of hydrogen-bond acceptors (Lipinski definition) is 4. The molecule has 2 N–H and O–H groups in total. The summed E-state index contributed by atoms with van der Waals surface area (Å²) in [6, 6.07) is 7.11. The van der Waals surface area contributed by atoms with Gasteiger partial charge in [-0.25, -0.2) is 4.98 Å². The van der Waals surface area contributed by atoms with Crippen molar-refractivity contribution in [3.63, 3.8) is 0 Å². The molecule has 5 heteroatoms. The van der Waals surface area contributed by atoms with Crippen molar-refractivity contribution in [1.82, 2.24) is 14.3 Å². The van der Waals surface area contributed by atoms with Gasteiger partial charge >= 0.3 is 0 Å². The molecule has 0 aliphatic carbocycles. The molecule has 1 aliphatic rings. The van der Waals surface area contributed by atoms with Crippen LogP contribution in [0.2, 0.25) is 0 Å². The van der Waals surface area contributed by atoms with Gasteiger partial charge in [0.1, 0.15) is 5.65 Å². The lowest BCUT2D eigenvalue weighted by Crippen LogP contribution is -2.55. The summed E-state index contributed by atoms with van der Waals surface area (Å²) in [5.41, 5.74) is 8.04. The summed E-state index contributed by atoms with van der Waals surface area (Å²) in [6.07, 6.45) is 2.04. The van der Waals surface area contributed by atoms with Crippen molar-refractivity contribution in [3.05, 3.63) is 30.1 Å². The third-order valence-corrected chi connectivity index (χ3v) is 4.46. The minimum atomic E-state index is 0.510. The van der Waals surface area contributed by atoms with E-state index in [4.69, 9.17) is 10.7 Å². The highest BCUT2D eigenvalue weighted by Crippen LogP contribution is 2.25. The van der Waals surface area contributed by atoms with Crippen LogP contribution < -0.4 is 10.6 Å². The lowest BCUT2D eigenvalue weighted by Gasteiger charge is -2.42. The molecule has 1 fully saturated rings. The first-order valence-corrected chi connectivity index (χ1v) is 7.24. The number of nitrogens with two attached hydrogens (primary N) is 1. The Morgan fingerprint density at radius 2 is 1.95 bits per heavy atom. The van der Waals surface area contributed by atoms with Crippen molar-refractivity contribution in [2.24, 2.45) is 5.73 Å². The van der Waals surface area contributed by atoms with Crippen LogP contribution >= 0.6 is 0 Å². The van der Waals surface area contributed by atoms with Crippen LogP contribution in [0.5, 0.6) is 0 Å². The van der Waals surface area contributed by atoms with Crippen molar-refractivity contribution in [1.29, 1.82) is 0 Å². The highest BCUT2D eigenvalue weighted by atomic mass is 15.3. The lowest BCUT2D eigenvalue weighted by molar-refractivity contribution is 0.169. The van der Waals surface area contributed by atoms with Crippen molar-refractivity contribution in [3.8, 4) is 0 Å². The summed E-state index contributed by atoms with van der Waals surface area (Å²) < 4.78 is 2.10. The van der Waals surface area contributed by atoms with E-state index in [1.807, 2.05) is 24.4 Å². The van der Waals surface area contributed by atoms with Gasteiger partial charge in [-0.3, -0.25) is 4.90 Å². The van der Waals surface area contributed by atoms with E-state index in [1.165, 1.54) is 0 Å². The second-order valence-electron chi connectivity index (χ2n) is 5.78. The van der Waals surface area contributed by atoms with E-state index in [1.54, 1.807) is 0 Å². The van der Waals surface area contributed by atoms with Gasteiger partial charge in [0.25, 0.3) is 0 Å². The monoisotopic (exact) mass is 273 g/mol. The maximum atomic E-state index is 5.97. The first kappa shape index (κ1) is 13.4. The maximum absolute atomic E-state index is 5.97. The first-order chi connectivity index (χ1) is 9.61. The zero-order valence-electron chi connectivity index (χ0n) is 12.5. The molecule has 20 heavy (non-hydrogen) atoms. The van der Waals surface area contributed by atoms with E-state index >= 15 is 0 Å². The summed E-state index contributed by atoms with van der Waals surface area (Å²) in [5.74, 6) is 1.05. The van der Waals surface area contributed by atoms with Crippen LogP contribution in [0.15, 0.2) is 24.4 Å². The summed E-state index contributed by atoms with van der Waals surface area (Å²) in [6.45, 7) is 7.03. The Hall–Kier alpha value is -1.59. The fourth-order valence-corrected chi connectivity index (χ4v) is 3.05. The Morgan fingerprint density at radius 3 is 2.60 bits per heavy atom. The summed E-state index contributed by atoms with van der Waals surface area (Å²) in [4.78, 5) is 9.60. The van der Waals surface area contributed by atoms with E-state index in [0.29, 0.717) is 18.6 Å². The van der Waals surface area contributed by atoms with Gasteiger partial charge in [-0.1, -0.05) is 6.07 Å². The number of pyridine rings is 1. The molecule has 2 unspecified atom stereocenters. The van der Waals surface area contributed by atoms with Gasteiger partial charge in [0.05, 0.1) is 5.69 Å². The number of hydrogen-bond donors (Lipinski definition) is 1. The Labute approximate surface area is 120 Å². The van der Waals surface area contributed by atoms with Gasteiger partial charge in [0.2, 0.25) is 0 Å². The summed E-state index contributed by atoms with van der Waals surface area (Å²) >= 11 is 0. The van der Waals surface area contributed by atoms with E-state index in [-0.39, 0.29) is 0 Å². The number of piperazine rings is 1. The fraction of sp³-hybridized carbons (Fsp3) is 0.533. The molecule has 1 saturated heterocycles. The van der Waals surface area contributed by atoms with Crippen LogP contribution in [-0.4, -0.2) is 46.5 Å². The number of rotatable bonds is 2. The third-order valence-electron chi connectivity index (χ3n) is 4.46. The molecule has 108 valence electrons. The van der Waals surface area contributed by atoms with Gasteiger partial charge in [0.15, 0.2) is 5.82 Å². The van der Waals surface area contributed by atoms with Crippen molar-refractivity contribution in [2.75, 3.05) is 25.0 Å². The summed E-state index contributed by atoms with van der Waals surface area (Å²) in [7, 11) is 2.19. The number of nitrogens with zero attached hydrogens (tertiary/aromatic N) is 4. The number of imidazole rings is 1. The molecule has 3 heterocycles. The van der Waals surface area contributed by atoms with E-state index in [2.05, 4.69) is 35.1 Å². The van der Waals surface area contributed by atoms with Gasteiger partial charge in [-0.05, 0) is 33.0 Å². The first-order valence-electron chi connectivity index (χ1n) is 7.24. The second kappa shape index (κ2) is 5.07. The van der Waals surface area contributed by atoms with Crippen LogP contribution in [0.1, 0.15) is 19.5 Å². The summed E-state index contributed by atoms with van der Waals surface area (Å²) in [5, 5.41) is 0. The predicted molar refractivity (Wildman–Crippen MR) is 82.0 cm³/mol. The number of aromatic nitrogens is 2. The van der Waals surface area contributed by atoms with Crippen molar-refractivity contribution < 1.29 is 0 Å². The minimum Gasteiger partial charge on any atom is -0.352 e. The second-order valence-corrected chi connectivity index (χ2v) is 5.78. The average Bonchev–Trinajstić information content (AvgIpc) is 2.82. The largest absolute Gasteiger partial charge is 0.352 e. The molecule has 2 aromatic rings. The standard InChI is InChI=1S/C15H23N5/c1-11-9-19(10-12(2)18(11)3)15-13(8-16)20-7-5-4-6-14(20)17-15/h4-7,11-12H,8-10,16H2,1-3H3. The molecule has 2 aromatic heterocycles. The molecule has 0 spiro atoms. The number of likely N-dealkylation sites (N-methyl/N-ethyl adjacent to an activating group) is 1. The van der Waals surface area contributed by atoms with Gasteiger partial charge < -0.3 is 15.0 Å². The SMILES string of the molecule is CC1CN(c2nc3ccccn3c2CN)CC(C)N1C. The van der Waals surface area contributed by atoms with Crippen LogP contribution in [0.3, 0.4) is 0 Å². The zero-order chi connectivity index (χ0) is 14.3. The van der Waals surface area contributed by atoms with Crippen LogP contribution in [0, 0.1) is 0 Å². The Morgan fingerprint density at radius 1 is 1.25 bits per heavy atom. The number of fused-ring (bicyclic) bond motifs is 1. The highest BCUT2D eigenvalue weighted by molar-refractivity contribution is 5.56. The van der Waals surface area contributed by atoms with E-state index in [9.17, 15) is 0 Å². The molecule has 2 atom stereocenters. The molecule has 5 nitrogen and oxygen atoms in total. The Bertz CT molecular complexity index is 593. The van der Waals surface area contributed by atoms with Gasteiger partial charge in [-0.2, -0.15) is 0 Å². The molecule has 0 amide bonds. The minimum absolute atomic E-state index is 0.510. The molecule has 0 bridgehead atoms. The predicted octanol–water partition coefficient (Wildman–Crippen LogP) is 1.32. The molecular formula is C15H23N5. The Balaban J connectivity index is 2.01. The molecule has 0 aromatic carbocycles. The molecule has 1 aliphatic heterocycles. The van der Waals surface area contributed by atoms with Gasteiger partial charge in [0, 0.05) is 37.9 Å². The zero-order valence-corrected chi connectivity index (χ0v) is 12.5. The molecule has 0 radical (unpaired) electrons. The quantitative estimate of drug-likeness (QED) is 0.896. The van der Waals surface area contributed by atoms with Crippen molar-refractivity contribution >= 4 is 11.5 Å². The molecule has 0 saturated carbocycles. The third kappa shape index (κ3) is 2.07. The topological polar surface area (TPSA) is 49.8 Å². The normalized spacial score (nSPS) is 24.5. The molecule has 3 rings (SSSR count). The average molecular weight is 273 g/mol. The molecular weight excluding hydrogens is 250 g/mol. The van der Waals surface area contributed by atoms with Gasteiger partial charge in [-0.15, -0.1) is 0 Å². The smallest absolute Gasteiger partial charge is 0.152 e. The van der Waals surface area contributed by atoms with Crippen molar-refractivity contribution in [2.45, 2.75) is 32.5 Å². The lowest BCUT2D eigenvalue weighted by atomic mass is 10.1. The highest BCUT2D eigenvalue weighted by Gasteiger charge is 2.29. The fourth-order valence-electron chi connectivity index (χ4n) is 3.05. The van der Waals surface area contributed by atoms with E-state index < -0.39 is 0 Å².